The van der Waals surface area contributed by atoms with E-state index in [-0.39, 0.29) is 30.1 Å². The van der Waals surface area contributed by atoms with Gasteiger partial charge in [-0.15, -0.1) is 0 Å². The number of ketones is 2. The van der Waals surface area contributed by atoms with Crippen molar-refractivity contribution in [2.75, 3.05) is 42.7 Å². The first-order chi connectivity index (χ1) is 29.7. The van der Waals surface area contributed by atoms with E-state index in [1.165, 1.54) is 0 Å². The lowest BCUT2D eigenvalue weighted by molar-refractivity contribution is -0.123. The van der Waals surface area contributed by atoms with Gasteiger partial charge in [-0.1, -0.05) is 12.1 Å². The fraction of sp³-hybridized carbons (Fsp3) is 0.213. The summed E-state index contributed by atoms with van der Waals surface area (Å²) < 4.78 is 32.6. The number of hydrogen-bond acceptors (Lipinski definition) is 14. The molecule has 6 aromatic rings. The number of ether oxygens (including phenoxy) is 6. The number of benzene rings is 2. The highest BCUT2D eigenvalue weighted by Crippen LogP contribution is 2.44. The van der Waals surface area contributed by atoms with E-state index in [4.69, 9.17) is 38.3 Å². The summed E-state index contributed by atoms with van der Waals surface area (Å²) in [5.41, 5.74) is 9.50. The molecule has 1 unspecified atom stereocenters. The van der Waals surface area contributed by atoms with Crippen LogP contribution in [0.4, 0.5) is 0 Å². The largest absolute Gasteiger partial charge is 0.493 e. The normalized spacial score (nSPS) is 13.8. The van der Waals surface area contributed by atoms with Gasteiger partial charge in [0.25, 0.3) is 6.47 Å². The van der Waals surface area contributed by atoms with E-state index in [1.807, 2.05) is 66.9 Å². The van der Waals surface area contributed by atoms with Gasteiger partial charge in [0.1, 0.15) is 5.78 Å². The van der Waals surface area contributed by atoms with Crippen LogP contribution in [-0.4, -0.2) is 85.7 Å². The van der Waals surface area contributed by atoms with Crippen molar-refractivity contribution in [2.24, 2.45) is 0 Å². The number of fused-ring (bicyclic) bond motifs is 2. The number of pyridine rings is 4. The van der Waals surface area contributed by atoms with Crippen LogP contribution in [0.5, 0.6) is 34.5 Å². The Hall–Kier alpha value is -7.65. The predicted molar refractivity (Wildman–Crippen MR) is 233 cm³/mol. The molecule has 4 aromatic heterocycles. The summed E-state index contributed by atoms with van der Waals surface area (Å²) in [7, 11) is 9.48. The molecule has 320 valence electrons. The number of carbonyl (C=O) groups is 3. The summed E-state index contributed by atoms with van der Waals surface area (Å²) in [5.74, 6) is 3.38. The molecule has 2 aliphatic rings. The maximum absolute atomic E-state index is 12.7. The summed E-state index contributed by atoms with van der Waals surface area (Å²) in [6.07, 6.45) is 13.7. The number of hydrogen-bond donors (Lipinski definition) is 2. The van der Waals surface area contributed by atoms with E-state index in [2.05, 4.69) is 26.0 Å². The summed E-state index contributed by atoms with van der Waals surface area (Å²) in [6.45, 7) is -0.250. The molecule has 0 fully saturated rings. The predicted octanol–water partition coefficient (Wildman–Crippen LogP) is 7.32. The van der Waals surface area contributed by atoms with Crippen molar-refractivity contribution in [3.05, 3.63) is 131 Å². The van der Waals surface area contributed by atoms with Gasteiger partial charge in [0.15, 0.2) is 28.8 Å². The lowest BCUT2D eigenvalue weighted by Gasteiger charge is -2.15. The molecule has 0 spiro atoms. The third kappa shape index (κ3) is 9.86. The number of aromatic nitrogens is 4. The van der Waals surface area contributed by atoms with Gasteiger partial charge in [-0.05, 0) is 88.8 Å². The van der Waals surface area contributed by atoms with Gasteiger partial charge in [0.2, 0.25) is 11.5 Å². The van der Waals surface area contributed by atoms with E-state index in [0.29, 0.717) is 59.3 Å². The summed E-state index contributed by atoms with van der Waals surface area (Å²) in [6, 6.07) is 19.2. The van der Waals surface area contributed by atoms with Crippen LogP contribution >= 0.6 is 0 Å². The van der Waals surface area contributed by atoms with Crippen LogP contribution in [0.1, 0.15) is 39.6 Å². The Morgan fingerprint density at radius 3 is 1.65 bits per heavy atom. The Bertz CT molecular complexity index is 2520. The monoisotopic (exact) mass is 841 g/mol. The van der Waals surface area contributed by atoms with Crippen molar-refractivity contribution >= 4 is 29.7 Å². The van der Waals surface area contributed by atoms with Gasteiger partial charge in [0.05, 0.1) is 60.5 Å². The Labute approximate surface area is 358 Å². The van der Waals surface area contributed by atoms with Crippen molar-refractivity contribution in [1.29, 1.82) is 0 Å². The summed E-state index contributed by atoms with van der Waals surface area (Å²) in [5, 5.41) is 6.89. The molecule has 4 N–H and O–H groups in total. The molecule has 15 heteroatoms. The van der Waals surface area contributed by atoms with Gasteiger partial charge in [0, 0.05) is 71.8 Å². The molecule has 2 aromatic carbocycles. The molecule has 0 radical (unpaired) electrons. The van der Waals surface area contributed by atoms with Crippen LogP contribution < -0.4 is 34.6 Å². The molecule has 4 heterocycles. The molecule has 8 rings (SSSR count). The molecule has 0 bridgehead atoms. The quantitative estimate of drug-likeness (QED) is 0.0966. The second-order valence-corrected chi connectivity index (χ2v) is 13.6. The zero-order chi connectivity index (χ0) is 43.5. The molecular formula is C47H47N5O10. The second kappa shape index (κ2) is 21.0. The highest BCUT2D eigenvalue weighted by molar-refractivity contribution is 6.29. The van der Waals surface area contributed by atoms with Crippen LogP contribution in [0.15, 0.2) is 97.8 Å². The van der Waals surface area contributed by atoms with Crippen molar-refractivity contribution < 1.29 is 47.9 Å². The Kier molecular flexibility index (Phi) is 15.4. The number of carboxylic acid groups (broad SMARTS) is 1. The molecule has 2 aliphatic carbocycles. The summed E-state index contributed by atoms with van der Waals surface area (Å²) in [4.78, 5) is 51.0. The number of Topliss-reactive ketones (excluding diaryl/α,β-unsaturated/α-hetero) is 2. The smallest absolute Gasteiger partial charge is 0.290 e. The lowest BCUT2D eigenvalue weighted by atomic mass is 9.92. The maximum Gasteiger partial charge on any atom is 0.290 e. The first kappa shape index (κ1) is 45.4. The number of rotatable bonds is 11. The molecule has 0 amide bonds. The van der Waals surface area contributed by atoms with Gasteiger partial charge in [-0.25, -0.2) is 0 Å². The lowest BCUT2D eigenvalue weighted by Crippen LogP contribution is -2.09. The number of carbonyl (C=O) groups excluding carboxylic acids is 2. The van der Waals surface area contributed by atoms with Crippen molar-refractivity contribution in [3.63, 3.8) is 0 Å². The molecule has 1 atom stereocenters. The van der Waals surface area contributed by atoms with Crippen molar-refractivity contribution in [3.8, 4) is 56.8 Å². The average molecular weight is 842 g/mol. The number of nitrogens with zero attached hydrogens (tertiary/aromatic N) is 4. The minimum atomic E-state index is -0.250. The van der Waals surface area contributed by atoms with E-state index < -0.39 is 0 Å². The van der Waals surface area contributed by atoms with Crippen molar-refractivity contribution in [2.45, 2.75) is 25.2 Å². The minimum absolute atomic E-state index is 0. The standard InChI is InChI=1S/C23H22N2O4.C23H20N2O4.CH2O2.H3N/c2*1-27-21-9-15(10-22(28-2)23(21)29-3)16-8-17-18(7-14-5-4-6-24-12-14)20(26)11-19(17)25-13-16;2-1-3;/h4-6,8-10,12-13,18H,7,11H2,1-3H3;4-10,12-13H,11H2,1-3H3;1H,(H,2,3);1H3. The third-order valence-corrected chi connectivity index (χ3v) is 10.2. The first-order valence-electron chi connectivity index (χ1n) is 18.9. The van der Waals surface area contributed by atoms with Crippen LogP contribution in [0, 0.1) is 0 Å². The zero-order valence-corrected chi connectivity index (χ0v) is 35.2. The molecule has 62 heavy (non-hydrogen) atoms. The minimum Gasteiger partial charge on any atom is -0.493 e. The highest BCUT2D eigenvalue weighted by atomic mass is 16.5. The average Bonchev–Trinajstić information content (AvgIpc) is 3.78. The molecule has 0 aliphatic heterocycles. The van der Waals surface area contributed by atoms with E-state index in [1.54, 1.807) is 73.6 Å². The molecular weight excluding hydrogens is 795 g/mol. The number of methoxy groups -OCH3 is 6. The van der Waals surface area contributed by atoms with Crippen LogP contribution in [0.2, 0.25) is 0 Å². The van der Waals surface area contributed by atoms with Gasteiger partial charge in [-0.2, -0.15) is 0 Å². The van der Waals surface area contributed by atoms with Crippen molar-refractivity contribution in [1.82, 2.24) is 26.1 Å². The highest BCUT2D eigenvalue weighted by Gasteiger charge is 2.32. The second-order valence-electron chi connectivity index (χ2n) is 13.6. The summed E-state index contributed by atoms with van der Waals surface area (Å²) >= 11 is 0. The van der Waals surface area contributed by atoms with Gasteiger partial charge in [-0.3, -0.25) is 34.3 Å². The van der Waals surface area contributed by atoms with Gasteiger partial charge < -0.3 is 39.7 Å². The SMILES string of the molecule is COc1cc(-c2cnc3c(c2)C(=Cc2cccnc2)C(=O)C3)cc(OC)c1OC.COc1cc(-c2cnc3c(c2)C(Cc2cccnc2)C(=O)C3)cc(OC)c1OC.N.O=CO. The van der Waals surface area contributed by atoms with Crippen LogP contribution in [-0.2, 0) is 33.6 Å². The van der Waals surface area contributed by atoms with Gasteiger partial charge >= 0.3 is 0 Å². The molecule has 0 saturated carbocycles. The zero-order valence-electron chi connectivity index (χ0n) is 35.2. The van der Waals surface area contributed by atoms with E-state index in [9.17, 15) is 9.59 Å². The van der Waals surface area contributed by atoms with E-state index in [0.717, 1.165) is 55.9 Å². The number of allylic oxidation sites excluding steroid dienone is 1. The first-order valence-corrected chi connectivity index (χ1v) is 18.9. The fourth-order valence-electron chi connectivity index (χ4n) is 7.26. The Morgan fingerprint density at radius 1 is 0.645 bits per heavy atom. The third-order valence-electron chi connectivity index (χ3n) is 10.2. The maximum atomic E-state index is 12.7. The molecule has 15 nitrogen and oxygen atoms in total. The van der Waals surface area contributed by atoms with Crippen LogP contribution in [0.25, 0.3) is 33.9 Å². The fourth-order valence-corrected chi connectivity index (χ4v) is 7.26. The topological polar surface area (TPSA) is 213 Å². The van der Waals surface area contributed by atoms with Crippen LogP contribution in [0.3, 0.4) is 0 Å². The van der Waals surface area contributed by atoms with E-state index >= 15 is 0 Å². The Morgan fingerprint density at radius 2 is 1.16 bits per heavy atom. The Balaban J connectivity index is 0.000000217. The molecule has 0 saturated heterocycles.